The molecule has 1 aromatic rings. The summed E-state index contributed by atoms with van der Waals surface area (Å²) < 4.78 is 12.9. The standard InChI is InChI=1S/C14H19FN2O2/c1-9-6-11(15)3-2-10(9)4-5-16-14(19)13-7-12(18)8-17-13/h2-3,6,12-13,17-18H,4-5,7-8H2,1H3,(H,16,19)/t12-,13+/m1/s1. The van der Waals surface area contributed by atoms with E-state index in [4.69, 9.17) is 0 Å². The van der Waals surface area contributed by atoms with Crippen LogP contribution in [0.5, 0.6) is 0 Å². The van der Waals surface area contributed by atoms with Crippen LogP contribution in [0, 0.1) is 12.7 Å². The third-order valence-electron chi connectivity index (χ3n) is 3.42. The average Bonchev–Trinajstić information content (AvgIpc) is 2.78. The van der Waals surface area contributed by atoms with E-state index in [1.54, 1.807) is 6.07 Å². The van der Waals surface area contributed by atoms with E-state index in [0.717, 1.165) is 11.1 Å². The molecule has 1 heterocycles. The van der Waals surface area contributed by atoms with Crippen LogP contribution in [0.15, 0.2) is 18.2 Å². The molecule has 1 saturated heterocycles. The summed E-state index contributed by atoms with van der Waals surface area (Å²) in [4.78, 5) is 11.8. The van der Waals surface area contributed by atoms with Gasteiger partial charge in [0.15, 0.2) is 0 Å². The molecule has 5 heteroatoms. The second kappa shape index (κ2) is 6.12. The van der Waals surface area contributed by atoms with Crippen LogP contribution in [-0.2, 0) is 11.2 Å². The molecule has 0 radical (unpaired) electrons. The van der Waals surface area contributed by atoms with E-state index >= 15 is 0 Å². The van der Waals surface area contributed by atoms with Gasteiger partial charge in [0.2, 0.25) is 5.91 Å². The Morgan fingerprint density at radius 1 is 1.58 bits per heavy atom. The highest BCUT2D eigenvalue weighted by Crippen LogP contribution is 2.10. The molecular formula is C14H19FN2O2. The van der Waals surface area contributed by atoms with Crippen LogP contribution in [0.2, 0.25) is 0 Å². The smallest absolute Gasteiger partial charge is 0.237 e. The van der Waals surface area contributed by atoms with Crippen molar-refractivity contribution in [1.29, 1.82) is 0 Å². The Morgan fingerprint density at radius 3 is 3.00 bits per heavy atom. The first-order valence-corrected chi connectivity index (χ1v) is 6.50. The van der Waals surface area contributed by atoms with Gasteiger partial charge in [0.25, 0.3) is 0 Å². The van der Waals surface area contributed by atoms with Crippen molar-refractivity contribution in [3.63, 3.8) is 0 Å². The van der Waals surface area contributed by atoms with E-state index in [0.29, 0.717) is 25.9 Å². The van der Waals surface area contributed by atoms with Gasteiger partial charge in [0.05, 0.1) is 12.1 Å². The number of halogens is 1. The van der Waals surface area contributed by atoms with Crippen LogP contribution in [-0.4, -0.2) is 36.2 Å². The number of benzene rings is 1. The third-order valence-corrected chi connectivity index (χ3v) is 3.42. The number of amides is 1. The van der Waals surface area contributed by atoms with Crippen molar-refractivity contribution < 1.29 is 14.3 Å². The number of hydrogen-bond donors (Lipinski definition) is 3. The molecule has 1 aliphatic rings. The van der Waals surface area contributed by atoms with E-state index < -0.39 is 6.10 Å². The molecule has 1 fully saturated rings. The monoisotopic (exact) mass is 266 g/mol. The normalized spacial score (nSPS) is 22.5. The lowest BCUT2D eigenvalue weighted by molar-refractivity contribution is -0.122. The second-order valence-electron chi connectivity index (χ2n) is 4.96. The van der Waals surface area contributed by atoms with Gasteiger partial charge in [0.1, 0.15) is 5.82 Å². The summed E-state index contributed by atoms with van der Waals surface area (Å²) >= 11 is 0. The molecule has 2 atom stereocenters. The first-order valence-electron chi connectivity index (χ1n) is 6.50. The number of aliphatic hydroxyl groups is 1. The summed E-state index contributed by atoms with van der Waals surface area (Å²) in [6.45, 7) is 2.84. The molecule has 104 valence electrons. The fourth-order valence-corrected chi connectivity index (χ4v) is 2.30. The summed E-state index contributed by atoms with van der Waals surface area (Å²) in [5.41, 5.74) is 1.92. The van der Waals surface area contributed by atoms with Gasteiger partial charge in [-0.2, -0.15) is 0 Å². The minimum atomic E-state index is -0.435. The lowest BCUT2D eigenvalue weighted by Crippen LogP contribution is -2.41. The van der Waals surface area contributed by atoms with Crippen molar-refractivity contribution in [3.05, 3.63) is 35.1 Å². The third kappa shape index (κ3) is 3.75. The molecule has 0 bridgehead atoms. The number of hydrogen-bond acceptors (Lipinski definition) is 3. The van der Waals surface area contributed by atoms with Crippen molar-refractivity contribution in [2.75, 3.05) is 13.1 Å². The fraction of sp³-hybridized carbons (Fsp3) is 0.500. The van der Waals surface area contributed by atoms with Gasteiger partial charge in [-0.3, -0.25) is 4.79 Å². The molecule has 1 aliphatic heterocycles. The highest BCUT2D eigenvalue weighted by molar-refractivity contribution is 5.82. The van der Waals surface area contributed by atoms with Crippen LogP contribution in [0.3, 0.4) is 0 Å². The number of β-amino-alcohol motifs (C(OH)–C–C–N with tert-alkyl or cyclic N) is 1. The SMILES string of the molecule is Cc1cc(F)ccc1CCNC(=O)[C@@H]1C[C@@H](O)CN1. The minimum absolute atomic E-state index is 0.0867. The van der Waals surface area contributed by atoms with E-state index in [9.17, 15) is 14.3 Å². The Hall–Kier alpha value is -1.46. The van der Waals surface area contributed by atoms with E-state index in [1.807, 2.05) is 6.92 Å². The molecule has 0 saturated carbocycles. The van der Waals surface area contributed by atoms with Crippen LogP contribution in [0.25, 0.3) is 0 Å². The molecule has 2 rings (SSSR count). The van der Waals surface area contributed by atoms with Gasteiger partial charge >= 0.3 is 0 Å². The molecule has 3 N–H and O–H groups in total. The summed E-state index contributed by atoms with van der Waals surface area (Å²) in [7, 11) is 0. The summed E-state index contributed by atoms with van der Waals surface area (Å²) in [5, 5.41) is 15.1. The summed E-state index contributed by atoms with van der Waals surface area (Å²) in [6.07, 6.45) is 0.698. The van der Waals surface area contributed by atoms with Gasteiger partial charge in [-0.15, -0.1) is 0 Å². The first kappa shape index (κ1) is 14.0. The Balaban J connectivity index is 1.78. The number of aryl methyl sites for hydroxylation is 1. The zero-order valence-corrected chi connectivity index (χ0v) is 10.9. The maximum Gasteiger partial charge on any atom is 0.237 e. The number of nitrogens with one attached hydrogen (secondary N) is 2. The second-order valence-corrected chi connectivity index (χ2v) is 4.96. The first-order chi connectivity index (χ1) is 9.06. The number of carbonyl (C=O) groups excluding carboxylic acids is 1. The predicted molar refractivity (Wildman–Crippen MR) is 70.3 cm³/mol. The molecule has 19 heavy (non-hydrogen) atoms. The van der Waals surface area contributed by atoms with E-state index in [-0.39, 0.29) is 17.8 Å². The van der Waals surface area contributed by atoms with Gasteiger partial charge in [-0.05, 0) is 43.0 Å². The zero-order valence-electron chi connectivity index (χ0n) is 10.9. The molecule has 0 aromatic heterocycles. The predicted octanol–water partition coefficient (Wildman–Crippen LogP) is 0.516. The van der Waals surface area contributed by atoms with E-state index in [1.165, 1.54) is 12.1 Å². The largest absolute Gasteiger partial charge is 0.392 e. The number of aliphatic hydroxyl groups excluding tert-OH is 1. The van der Waals surface area contributed by atoms with E-state index in [2.05, 4.69) is 10.6 Å². The Bertz CT molecular complexity index is 465. The highest BCUT2D eigenvalue weighted by Gasteiger charge is 2.27. The topological polar surface area (TPSA) is 61.4 Å². The molecule has 4 nitrogen and oxygen atoms in total. The zero-order chi connectivity index (χ0) is 13.8. The van der Waals surface area contributed by atoms with Crippen molar-refractivity contribution in [2.45, 2.75) is 31.9 Å². The molecule has 1 amide bonds. The van der Waals surface area contributed by atoms with Crippen molar-refractivity contribution in [2.24, 2.45) is 0 Å². The summed E-state index contributed by atoms with van der Waals surface area (Å²) in [5.74, 6) is -0.328. The molecule has 1 aromatic carbocycles. The van der Waals surface area contributed by atoms with Crippen molar-refractivity contribution in [3.8, 4) is 0 Å². The van der Waals surface area contributed by atoms with Gasteiger partial charge in [0, 0.05) is 13.1 Å². The molecule has 0 unspecified atom stereocenters. The van der Waals surface area contributed by atoms with Crippen molar-refractivity contribution >= 4 is 5.91 Å². The van der Waals surface area contributed by atoms with Gasteiger partial charge in [-0.1, -0.05) is 6.07 Å². The average molecular weight is 266 g/mol. The molecular weight excluding hydrogens is 247 g/mol. The number of carbonyl (C=O) groups is 1. The quantitative estimate of drug-likeness (QED) is 0.744. The Morgan fingerprint density at radius 2 is 2.37 bits per heavy atom. The minimum Gasteiger partial charge on any atom is -0.392 e. The van der Waals surface area contributed by atoms with Crippen LogP contribution in [0.4, 0.5) is 4.39 Å². The maximum atomic E-state index is 12.9. The Labute approximate surface area is 112 Å². The fourth-order valence-electron chi connectivity index (χ4n) is 2.30. The molecule has 0 aliphatic carbocycles. The van der Waals surface area contributed by atoms with Gasteiger partial charge < -0.3 is 15.7 Å². The van der Waals surface area contributed by atoms with Crippen molar-refractivity contribution in [1.82, 2.24) is 10.6 Å². The van der Waals surface area contributed by atoms with Crippen LogP contribution in [0.1, 0.15) is 17.5 Å². The number of rotatable bonds is 4. The lowest BCUT2D eigenvalue weighted by Gasteiger charge is -2.11. The van der Waals surface area contributed by atoms with Crippen LogP contribution < -0.4 is 10.6 Å². The maximum absolute atomic E-state index is 12.9. The van der Waals surface area contributed by atoms with Crippen LogP contribution >= 0.6 is 0 Å². The van der Waals surface area contributed by atoms with Gasteiger partial charge in [-0.25, -0.2) is 4.39 Å². The molecule has 0 spiro atoms. The highest BCUT2D eigenvalue weighted by atomic mass is 19.1. The Kier molecular flexibility index (Phi) is 4.50. The lowest BCUT2D eigenvalue weighted by atomic mass is 10.1. The summed E-state index contributed by atoms with van der Waals surface area (Å²) in [6, 6.07) is 4.36.